The summed E-state index contributed by atoms with van der Waals surface area (Å²) in [6.45, 7) is 2.46. The zero-order chi connectivity index (χ0) is 19.8. The normalized spacial score (nSPS) is 14.5. The fourth-order valence-electron chi connectivity index (χ4n) is 3.43. The highest BCUT2D eigenvalue weighted by molar-refractivity contribution is 7.12. The van der Waals surface area contributed by atoms with Gasteiger partial charge in [-0.2, -0.15) is 4.68 Å². The average molecular weight is 409 g/mol. The number of hydrogen-bond donors (Lipinski definition) is 0. The first-order valence-corrected chi connectivity index (χ1v) is 9.99. The second-order valence-electron chi connectivity index (χ2n) is 6.61. The van der Waals surface area contributed by atoms with Gasteiger partial charge in [-0.05, 0) is 29.6 Å². The van der Waals surface area contributed by atoms with Crippen molar-refractivity contribution in [2.24, 2.45) is 0 Å². The third kappa shape index (κ3) is 3.21. The van der Waals surface area contributed by atoms with Gasteiger partial charge >= 0.3 is 0 Å². The Morgan fingerprint density at radius 1 is 1.07 bits per heavy atom. The molecule has 0 unspecified atom stereocenters. The van der Waals surface area contributed by atoms with Crippen LogP contribution >= 0.6 is 11.3 Å². The molecule has 0 radical (unpaired) electrons. The number of fused-ring (bicyclic) bond motifs is 1. The summed E-state index contributed by atoms with van der Waals surface area (Å²) in [7, 11) is 0. The molecule has 0 spiro atoms. The molecule has 0 atom stereocenters. The van der Waals surface area contributed by atoms with Crippen molar-refractivity contribution in [3.8, 4) is 5.69 Å². The van der Waals surface area contributed by atoms with E-state index in [1.54, 1.807) is 12.1 Å². The molecule has 0 saturated carbocycles. The molecule has 4 aromatic rings. The molecule has 1 fully saturated rings. The summed E-state index contributed by atoms with van der Waals surface area (Å²) in [5.41, 5.74) is 1.61. The van der Waals surface area contributed by atoms with Crippen LogP contribution in [0.15, 0.2) is 48.1 Å². The number of piperazine rings is 1. The molecule has 5 rings (SSSR count). The molecule has 29 heavy (non-hydrogen) atoms. The second kappa shape index (κ2) is 7.21. The van der Waals surface area contributed by atoms with E-state index in [4.69, 9.17) is 0 Å². The van der Waals surface area contributed by atoms with Gasteiger partial charge in [-0.3, -0.25) is 4.79 Å². The highest BCUT2D eigenvalue weighted by Crippen LogP contribution is 2.24. The van der Waals surface area contributed by atoms with Crippen LogP contribution in [0.2, 0.25) is 0 Å². The third-order valence-corrected chi connectivity index (χ3v) is 5.73. The molecule has 0 bridgehead atoms. The Hall–Kier alpha value is -3.40. The molecule has 4 heterocycles. The first kappa shape index (κ1) is 17.7. The van der Waals surface area contributed by atoms with Gasteiger partial charge in [0.2, 0.25) is 0 Å². The van der Waals surface area contributed by atoms with Crippen molar-refractivity contribution in [1.82, 2.24) is 29.9 Å². The maximum atomic E-state index is 13.6. The van der Waals surface area contributed by atoms with E-state index in [2.05, 4.69) is 25.2 Å². The van der Waals surface area contributed by atoms with Crippen LogP contribution in [-0.2, 0) is 0 Å². The summed E-state index contributed by atoms with van der Waals surface area (Å²) in [4.78, 5) is 25.9. The Kier molecular flexibility index (Phi) is 4.39. The molecule has 0 N–H and O–H groups in total. The molecule has 1 aliphatic heterocycles. The van der Waals surface area contributed by atoms with Gasteiger partial charge in [0, 0.05) is 26.2 Å². The van der Waals surface area contributed by atoms with E-state index < -0.39 is 0 Å². The maximum Gasteiger partial charge on any atom is 0.264 e. The molecule has 3 aromatic heterocycles. The van der Waals surface area contributed by atoms with E-state index in [0.717, 1.165) is 4.88 Å². The summed E-state index contributed by atoms with van der Waals surface area (Å²) in [5.74, 6) is 0.373. The monoisotopic (exact) mass is 409 g/mol. The largest absolute Gasteiger partial charge is 0.351 e. The smallest absolute Gasteiger partial charge is 0.264 e. The van der Waals surface area contributed by atoms with Crippen LogP contribution in [0.1, 0.15) is 9.67 Å². The van der Waals surface area contributed by atoms with E-state index in [1.165, 1.54) is 34.5 Å². The molecule has 1 aromatic carbocycles. The first-order valence-electron chi connectivity index (χ1n) is 9.11. The quantitative estimate of drug-likeness (QED) is 0.517. The molecule has 8 nitrogen and oxygen atoms in total. The van der Waals surface area contributed by atoms with Gasteiger partial charge in [0.1, 0.15) is 12.1 Å². The molecule has 10 heteroatoms. The van der Waals surface area contributed by atoms with Crippen LogP contribution in [0.4, 0.5) is 10.2 Å². The zero-order valence-electron chi connectivity index (χ0n) is 15.3. The summed E-state index contributed by atoms with van der Waals surface area (Å²) in [6, 6.07) is 9.84. The molecular formula is C19H16FN7OS. The fraction of sp³-hybridized carbons (Fsp3) is 0.211. The lowest BCUT2D eigenvalue weighted by atomic mass is 10.2. The van der Waals surface area contributed by atoms with Crippen molar-refractivity contribution in [2.45, 2.75) is 0 Å². The minimum atomic E-state index is -0.355. The Morgan fingerprint density at radius 3 is 2.69 bits per heavy atom. The number of benzene rings is 1. The van der Waals surface area contributed by atoms with E-state index in [0.29, 0.717) is 48.8 Å². The van der Waals surface area contributed by atoms with Crippen LogP contribution in [0.25, 0.3) is 16.9 Å². The van der Waals surface area contributed by atoms with E-state index >= 15 is 0 Å². The lowest BCUT2D eigenvalue weighted by molar-refractivity contribution is 0.0751. The average Bonchev–Trinajstić information content (AvgIpc) is 3.43. The molecular weight excluding hydrogens is 393 g/mol. The number of carbonyl (C=O) groups excluding carboxylic acids is 1. The highest BCUT2D eigenvalue weighted by atomic mass is 32.1. The Labute approximate surface area is 169 Å². The van der Waals surface area contributed by atoms with Crippen molar-refractivity contribution in [3.05, 3.63) is 58.8 Å². The number of nitrogens with zero attached hydrogens (tertiary/aromatic N) is 7. The van der Waals surface area contributed by atoms with E-state index in [-0.39, 0.29) is 11.7 Å². The van der Waals surface area contributed by atoms with Crippen molar-refractivity contribution in [3.63, 3.8) is 0 Å². The lowest BCUT2D eigenvalue weighted by Crippen LogP contribution is -2.49. The van der Waals surface area contributed by atoms with Crippen LogP contribution in [0.5, 0.6) is 0 Å². The SMILES string of the molecule is O=C(c1cccs1)N1CCN(c2ncnc3c2nnn3-c2cccc(F)c2)CC1. The van der Waals surface area contributed by atoms with Crippen LogP contribution in [0, 0.1) is 5.82 Å². The van der Waals surface area contributed by atoms with Gasteiger partial charge in [0.15, 0.2) is 17.0 Å². The predicted molar refractivity (Wildman–Crippen MR) is 107 cm³/mol. The van der Waals surface area contributed by atoms with Crippen molar-refractivity contribution < 1.29 is 9.18 Å². The minimum absolute atomic E-state index is 0.0598. The molecule has 0 aliphatic carbocycles. The summed E-state index contributed by atoms with van der Waals surface area (Å²) >= 11 is 1.45. The van der Waals surface area contributed by atoms with Gasteiger partial charge in [0.05, 0.1) is 10.6 Å². The zero-order valence-corrected chi connectivity index (χ0v) is 16.1. The summed E-state index contributed by atoms with van der Waals surface area (Å²) < 4.78 is 15.1. The standard InChI is InChI=1S/C19H16FN7OS/c20-13-3-1-4-14(11-13)27-18-16(23-24-27)17(21-12-22-18)25-6-8-26(9-7-25)19(28)15-5-2-10-29-15/h1-5,10-12H,6-9H2. The maximum absolute atomic E-state index is 13.6. The van der Waals surface area contributed by atoms with E-state index in [1.807, 2.05) is 22.4 Å². The van der Waals surface area contributed by atoms with Crippen molar-refractivity contribution in [1.29, 1.82) is 0 Å². The third-order valence-electron chi connectivity index (χ3n) is 4.87. The highest BCUT2D eigenvalue weighted by Gasteiger charge is 2.25. The number of rotatable bonds is 3. The van der Waals surface area contributed by atoms with Crippen LogP contribution in [-0.4, -0.2) is 61.9 Å². The van der Waals surface area contributed by atoms with E-state index in [9.17, 15) is 9.18 Å². The fourth-order valence-corrected chi connectivity index (χ4v) is 4.12. The Balaban J connectivity index is 1.40. The van der Waals surface area contributed by atoms with Crippen LogP contribution < -0.4 is 4.90 Å². The number of thiophene rings is 1. The number of halogens is 1. The summed E-state index contributed by atoms with van der Waals surface area (Å²) in [5, 5.41) is 10.3. The number of amides is 1. The molecule has 1 saturated heterocycles. The van der Waals surface area contributed by atoms with Crippen LogP contribution in [0.3, 0.4) is 0 Å². The number of anilines is 1. The summed E-state index contributed by atoms with van der Waals surface area (Å²) in [6.07, 6.45) is 1.46. The molecule has 1 aliphatic rings. The lowest BCUT2D eigenvalue weighted by Gasteiger charge is -2.35. The Bertz CT molecular complexity index is 1170. The number of hydrogen-bond acceptors (Lipinski definition) is 7. The van der Waals surface area contributed by atoms with Gasteiger partial charge < -0.3 is 9.80 Å². The van der Waals surface area contributed by atoms with Gasteiger partial charge in [-0.15, -0.1) is 16.4 Å². The predicted octanol–water partition coefficient (Wildman–Crippen LogP) is 2.37. The van der Waals surface area contributed by atoms with Crippen molar-refractivity contribution in [2.75, 3.05) is 31.1 Å². The topological polar surface area (TPSA) is 80.0 Å². The number of aromatic nitrogens is 5. The first-order chi connectivity index (χ1) is 14.2. The van der Waals surface area contributed by atoms with Gasteiger partial charge in [-0.25, -0.2) is 14.4 Å². The van der Waals surface area contributed by atoms with Gasteiger partial charge in [0.25, 0.3) is 5.91 Å². The van der Waals surface area contributed by atoms with Gasteiger partial charge in [-0.1, -0.05) is 17.3 Å². The molecule has 146 valence electrons. The minimum Gasteiger partial charge on any atom is -0.351 e. The second-order valence-corrected chi connectivity index (χ2v) is 7.55. The Morgan fingerprint density at radius 2 is 1.93 bits per heavy atom. The van der Waals surface area contributed by atoms with Crippen molar-refractivity contribution >= 4 is 34.2 Å². The molecule has 1 amide bonds. The number of carbonyl (C=O) groups is 1.